The van der Waals surface area contributed by atoms with E-state index in [1.807, 2.05) is 0 Å². The standard InChI is InChI=1S/C8H8I2N2.Re/c9-10-8-6-3-1-2-4-7(6)11-5-12-8;/h1-4H2;/q-2;. The molecule has 0 amide bonds. The molecule has 0 spiro atoms. The SMILES string of the molecule is I[I-]c1n[c-]nc2c1CCCC2.[Re]. The maximum absolute atomic E-state index is 4.22. The van der Waals surface area contributed by atoms with Gasteiger partial charge in [-0.1, -0.05) is 0 Å². The summed E-state index contributed by atoms with van der Waals surface area (Å²) in [4.78, 5) is 8.42. The minimum atomic E-state index is 0. The molecular formula is C8H8I2N2Re-2. The zero-order valence-electron chi connectivity index (χ0n) is 6.86. The third-order valence-corrected chi connectivity index (χ3v) is 5.96. The van der Waals surface area contributed by atoms with Crippen molar-refractivity contribution in [1.29, 1.82) is 0 Å². The average molecular weight is 572 g/mol. The van der Waals surface area contributed by atoms with Gasteiger partial charge in [0.05, 0.1) is 0 Å². The van der Waals surface area contributed by atoms with Crippen LogP contribution in [-0.4, -0.2) is 9.97 Å². The van der Waals surface area contributed by atoms with Gasteiger partial charge in [0, 0.05) is 20.4 Å². The molecule has 0 bridgehead atoms. The molecule has 0 atom stereocenters. The molecule has 1 aromatic rings. The fourth-order valence-electron chi connectivity index (χ4n) is 1.49. The molecule has 0 N–H and O–H groups in total. The zero-order valence-corrected chi connectivity index (χ0v) is 13.9. The topological polar surface area (TPSA) is 25.8 Å². The first-order valence-electron chi connectivity index (χ1n) is 3.93. The third-order valence-electron chi connectivity index (χ3n) is 2.09. The van der Waals surface area contributed by atoms with Crippen LogP contribution in [0.4, 0.5) is 0 Å². The molecule has 5 heteroatoms. The fourth-order valence-corrected chi connectivity index (χ4v) is 4.78. The number of hydrogen-bond acceptors (Lipinski definition) is 2. The van der Waals surface area contributed by atoms with E-state index in [-0.39, 0.29) is 37.7 Å². The minimum Gasteiger partial charge on any atom is 0 e. The van der Waals surface area contributed by atoms with Crippen molar-refractivity contribution in [1.82, 2.24) is 9.97 Å². The molecule has 13 heavy (non-hydrogen) atoms. The van der Waals surface area contributed by atoms with Gasteiger partial charge in [0.2, 0.25) is 0 Å². The fraction of sp³-hybridized carbons (Fsp3) is 0.500. The number of fused-ring (bicyclic) bond motifs is 1. The number of aryl methyl sites for hydroxylation is 1. The van der Waals surface area contributed by atoms with Crippen LogP contribution in [0.1, 0.15) is 24.1 Å². The molecule has 1 heterocycles. The largest absolute Gasteiger partial charge is 0 e. The number of aromatic nitrogens is 2. The molecule has 73 valence electrons. The number of rotatable bonds is 1. The van der Waals surface area contributed by atoms with E-state index in [2.05, 4.69) is 34.9 Å². The smallest absolute Gasteiger partial charge is 0 e. The number of hydrogen-bond donors (Lipinski definition) is 0. The molecule has 1 aromatic heterocycles. The Hall–Kier alpha value is 1.20. The maximum atomic E-state index is 4.22. The predicted molar refractivity (Wildman–Crippen MR) is 50.2 cm³/mol. The molecule has 1 radical (unpaired) electrons. The van der Waals surface area contributed by atoms with E-state index in [0.29, 0.717) is 0 Å². The van der Waals surface area contributed by atoms with Crippen LogP contribution in [0.2, 0.25) is 0 Å². The summed E-state index contributed by atoms with van der Waals surface area (Å²) < 4.78 is 1.30. The summed E-state index contributed by atoms with van der Waals surface area (Å²) >= 11 is 2.54. The molecule has 1 aliphatic rings. The van der Waals surface area contributed by atoms with E-state index in [4.69, 9.17) is 0 Å². The van der Waals surface area contributed by atoms with E-state index in [1.165, 1.54) is 34.2 Å². The predicted octanol–water partition coefficient (Wildman–Crippen LogP) is -1.24. The van der Waals surface area contributed by atoms with E-state index in [0.717, 1.165) is 6.42 Å². The van der Waals surface area contributed by atoms with Gasteiger partial charge >= 0.3 is 92.8 Å². The van der Waals surface area contributed by atoms with Gasteiger partial charge in [-0.25, -0.2) is 0 Å². The van der Waals surface area contributed by atoms with Crippen LogP contribution in [0, 0.1) is 10.0 Å². The van der Waals surface area contributed by atoms with E-state index in [1.54, 1.807) is 0 Å². The Labute approximate surface area is 112 Å². The second-order valence-electron chi connectivity index (χ2n) is 2.82. The van der Waals surface area contributed by atoms with Crippen molar-refractivity contribution in [3.63, 3.8) is 0 Å². The van der Waals surface area contributed by atoms with Crippen molar-refractivity contribution in [2.75, 3.05) is 0 Å². The van der Waals surface area contributed by atoms with Crippen molar-refractivity contribution in [2.24, 2.45) is 0 Å². The summed E-state index contributed by atoms with van der Waals surface area (Å²) in [5.74, 6) is 0. The van der Waals surface area contributed by atoms with Crippen molar-refractivity contribution in [3.8, 4) is 0 Å². The molecular weight excluding hydrogens is 564 g/mol. The Morgan fingerprint density at radius 3 is 2.77 bits per heavy atom. The maximum Gasteiger partial charge on any atom is 0 e. The molecule has 0 fully saturated rings. The Bertz CT molecular complexity index is 279. The van der Waals surface area contributed by atoms with E-state index >= 15 is 0 Å². The quantitative estimate of drug-likeness (QED) is 0.240. The van der Waals surface area contributed by atoms with Gasteiger partial charge in [0.25, 0.3) is 0 Å². The summed E-state index contributed by atoms with van der Waals surface area (Å²) in [6, 6.07) is 0. The zero-order chi connectivity index (χ0) is 8.39. The van der Waals surface area contributed by atoms with Crippen LogP contribution in [0.25, 0.3) is 0 Å². The Kier molecular flexibility index (Phi) is 5.60. The van der Waals surface area contributed by atoms with Crippen LogP contribution >= 0.6 is 18.6 Å². The second-order valence-corrected chi connectivity index (χ2v) is 6.98. The van der Waals surface area contributed by atoms with Gasteiger partial charge in [0.1, 0.15) is 0 Å². The molecule has 2 nitrogen and oxygen atoms in total. The number of halogens is 2. The first kappa shape index (κ1) is 12.3. The first-order valence-corrected chi connectivity index (χ1v) is 11.3. The first-order chi connectivity index (χ1) is 5.92. The van der Waals surface area contributed by atoms with Crippen molar-refractivity contribution in [2.45, 2.75) is 25.7 Å². The summed E-state index contributed by atoms with van der Waals surface area (Å²) in [5.41, 5.74) is 2.71. The van der Waals surface area contributed by atoms with Crippen LogP contribution in [0.3, 0.4) is 0 Å². The Balaban J connectivity index is 0.000000845. The van der Waals surface area contributed by atoms with Crippen LogP contribution in [-0.2, 0) is 33.3 Å². The van der Waals surface area contributed by atoms with E-state index < -0.39 is 0 Å². The summed E-state index contributed by atoms with van der Waals surface area (Å²) in [5, 5.41) is 0. The molecule has 0 saturated carbocycles. The molecule has 1 aliphatic carbocycles. The normalized spacial score (nSPS) is 14.8. The average Bonchev–Trinajstić information content (AvgIpc) is 2.17. The van der Waals surface area contributed by atoms with E-state index in [9.17, 15) is 0 Å². The molecule has 0 unspecified atom stereocenters. The van der Waals surface area contributed by atoms with Gasteiger partial charge < -0.3 is 0 Å². The van der Waals surface area contributed by atoms with Gasteiger partial charge in [-0.05, 0) is 0 Å². The van der Waals surface area contributed by atoms with Crippen molar-refractivity contribution in [3.05, 3.63) is 21.3 Å². The van der Waals surface area contributed by atoms with Gasteiger partial charge in [-0.3, -0.25) is 0 Å². The van der Waals surface area contributed by atoms with Crippen LogP contribution in [0.5, 0.6) is 0 Å². The summed E-state index contributed by atoms with van der Waals surface area (Å²) in [6.07, 6.45) is 7.70. The molecule has 0 saturated heterocycles. The molecule has 0 aliphatic heterocycles. The van der Waals surface area contributed by atoms with Gasteiger partial charge in [-0.2, -0.15) is 0 Å². The summed E-state index contributed by atoms with van der Waals surface area (Å²) in [6.45, 7) is 0. The Morgan fingerprint density at radius 2 is 2.00 bits per heavy atom. The van der Waals surface area contributed by atoms with Crippen LogP contribution in [0.15, 0.2) is 0 Å². The molecule has 2 rings (SSSR count). The van der Waals surface area contributed by atoms with Gasteiger partial charge in [-0.15, -0.1) is 0 Å². The van der Waals surface area contributed by atoms with Gasteiger partial charge in [0.15, 0.2) is 0 Å². The monoisotopic (exact) mass is 573 g/mol. The van der Waals surface area contributed by atoms with Crippen molar-refractivity contribution < 1.29 is 37.7 Å². The second kappa shape index (κ2) is 5.93. The minimum absolute atomic E-state index is 0. The summed E-state index contributed by atoms with van der Waals surface area (Å²) in [7, 11) is 0. The van der Waals surface area contributed by atoms with Crippen molar-refractivity contribution >= 4 is 18.6 Å². The molecule has 0 aromatic carbocycles. The Morgan fingerprint density at radius 1 is 1.23 bits per heavy atom. The van der Waals surface area contributed by atoms with Crippen LogP contribution < -0.4 is 17.2 Å². The number of nitrogens with zero attached hydrogens (tertiary/aromatic N) is 2. The third kappa shape index (κ3) is 2.83.